The summed E-state index contributed by atoms with van der Waals surface area (Å²) in [7, 11) is 0. The molecule has 4 N–H and O–H groups in total. The van der Waals surface area contributed by atoms with Crippen molar-refractivity contribution in [3.63, 3.8) is 0 Å². The molecule has 6 heteroatoms. The van der Waals surface area contributed by atoms with Crippen LogP contribution in [0.5, 0.6) is 0 Å². The predicted molar refractivity (Wildman–Crippen MR) is 75.4 cm³/mol. The highest BCUT2D eigenvalue weighted by atomic mass is 16.2. The van der Waals surface area contributed by atoms with E-state index in [1.165, 1.54) is 0 Å². The molecule has 1 aliphatic rings. The zero-order valence-corrected chi connectivity index (χ0v) is 10.8. The number of hydrogen-bond acceptors (Lipinski definition) is 3. The average Bonchev–Trinajstić information content (AvgIpc) is 2.41. The van der Waals surface area contributed by atoms with Gasteiger partial charge in [-0.2, -0.15) is 5.10 Å². The molecule has 0 unspecified atom stereocenters. The van der Waals surface area contributed by atoms with Gasteiger partial charge in [-0.15, -0.1) is 0 Å². The molecule has 0 aliphatic carbocycles. The van der Waals surface area contributed by atoms with Gasteiger partial charge < -0.3 is 10.6 Å². The lowest BCUT2D eigenvalue weighted by Crippen LogP contribution is -2.29. The van der Waals surface area contributed by atoms with Crippen LogP contribution in [-0.2, 0) is 4.79 Å². The van der Waals surface area contributed by atoms with Gasteiger partial charge in [0.2, 0.25) is 5.91 Å². The van der Waals surface area contributed by atoms with E-state index in [-0.39, 0.29) is 11.9 Å². The minimum absolute atomic E-state index is 0.0406. The SMILES string of the molecule is CCNC(=N)Nc1ccc(C2=NNC(=O)CC2)cc1. The summed E-state index contributed by atoms with van der Waals surface area (Å²) in [6.07, 6.45) is 1.13. The van der Waals surface area contributed by atoms with Crippen LogP contribution in [0.25, 0.3) is 0 Å². The topological polar surface area (TPSA) is 89.4 Å². The van der Waals surface area contributed by atoms with Gasteiger partial charge in [0.05, 0.1) is 5.71 Å². The fourth-order valence-electron chi connectivity index (χ4n) is 1.79. The minimum Gasteiger partial charge on any atom is -0.357 e. The largest absolute Gasteiger partial charge is 0.357 e. The number of nitrogens with one attached hydrogen (secondary N) is 4. The van der Waals surface area contributed by atoms with Crippen molar-refractivity contribution in [1.82, 2.24) is 10.7 Å². The van der Waals surface area contributed by atoms with E-state index in [1.807, 2.05) is 31.2 Å². The summed E-state index contributed by atoms with van der Waals surface area (Å²) in [4.78, 5) is 11.0. The van der Waals surface area contributed by atoms with Crippen molar-refractivity contribution in [2.75, 3.05) is 11.9 Å². The molecule has 19 heavy (non-hydrogen) atoms. The minimum atomic E-state index is -0.0406. The van der Waals surface area contributed by atoms with Crippen LogP contribution in [0.4, 0.5) is 5.69 Å². The summed E-state index contributed by atoms with van der Waals surface area (Å²) in [6, 6.07) is 7.63. The van der Waals surface area contributed by atoms with Crippen LogP contribution in [0, 0.1) is 5.41 Å². The van der Waals surface area contributed by atoms with Crippen molar-refractivity contribution < 1.29 is 4.79 Å². The maximum Gasteiger partial charge on any atom is 0.240 e. The number of nitrogens with zero attached hydrogens (tertiary/aromatic N) is 1. The van der Waals surface area contributed by atoms with Crippen LogP contribution in [0.2, 0.25) is 0 Å². The van der Waals surface area contributed by atoms with Gasteiger partial charge in [-0.05, 0) is 24.6 Å². The molecule has 1 aromatic rings. The van der Waals surface area contributed by atoms with E-state index in [1.54, 1.807) is 0 Å². The van der Waals surface area contributed by atoms with Crippen molar-refractivity contribution in [3.8, 4) is 0 Å². The summed E-state index contributed by atoms with van der Waals surface area (Å²) in [5, 5.41) is 17.5. The highest BCUT2D eigenvalue weighted by molar-refractivity contribution is 6.04. The molecule has 2 rings (SSSR count). The molecule has 6 nitrogen and oxygen atoms in total. The number of rotatable bonds is 3. The Morgan fingerprint density at radius 3 is 2.68 bits per heavy atom. The molecule has 1 amide bonds. The molecule has 0 aromatic heterocycles. The molecule has 100 valence electrons. The zero-order chi connectivity index (χ0) is 13.7. The van der Waals surface area contributed by atoms with E-state index < -0.39 is 0 Å². The highest BCUT2D eigenvalue weighted by Crippen LogP contribution is 2.14. The molecule has 0 saturated carbocycles. The first-order valence-corrected chi connectivity index (χ1v) is 6.24. The smallest absolute Gasteiger partial charge is 0.240 e. The number of amides is 1. The van der Waals surface area contributed by atoms with E-state index in [9.17, 15) is 4.79 Å². The Morgan fingerprint density at radius 1 is 1.37 bits per heavy atom. The van der Waals surface area contributed by atoms with Gasteiger partial charge in [0.15, 0.2) is 5.96 Å². The van der Waals surface area contributed by atoms with Gasteiger partial charge in [0, 0.05) is 25.1 Å². The fourth-order valence-corrected chi connectivity index (χ4v) is 1.79. The molecule has 0 fully saturated rings. The second-order valence-corrected chi connectivity index (χ2v) is 4.20. The first-order valence-electron chi connectivity index (χ1n) is 6.24. The Balaban J connectivity index is 2.02. The summed E-state index contributed by atoms with van der Waals surface area (Å²) in [5.41, 5.74) is 5.20. The number of hydrazone groups is 1. The van der Waals surface area contributed by atoms with Gasteiger partial charge in [0.1, 0.15) is 0 Å². The van der Waals surface area contributed by atoms with Crippen LogP contribution < -0.4 is 16.1 Å². The number of carbonyl (C=O) groups is 1. The maximum absolute atomic E-state index is 11.0. The number of benzene rings is 1. The van der Waals surface area contributed by atoms with Gasteiger partial charge in [-0.1, -0.05) is 12.1 Å². The second kappa shape index (κ2) is 5.99. The Labute approximate surface area is 111 Å². The molecule has 1 heterocycles. The lowest BCUT2D eigenvalue weighted by Gasteiger charge is -2.13. The molecular weight excluding hydrogens is 242 g/mol. The predicted octanol–water partition coefficient (Wildman–Crippen LogP) is 1.26. The third-order valence-electron chi connectivity index (χ3n) is 2.75. The molecule has 1 aliphatic heterocycles. The Kier molecular flexibility index (Phi) is 4.12. The normalized spacial score (nSPS) is 14.4. The first-order chi connectivity index (χ1) is 9.19. The molecule has 0 atom stereocenters. The molecule has 0 saturated heterocycles. The second-order valence-electron chi connectivity index (χ2n) is 4.20. The molecule has 0 spiro atoms. The summed E-state index contributed by atoms with van der Waals surface area (Å²) in [6.45, 7) is 2.65. The lowest BCUT2D eigenvalue weighted by molar-refractivity contribution is -0.121. The van der Waals surface area contributed by atoms with Crippen LogP contribution in [-0.4, -0.2) is 24.1 Å². The van der Waals surface area contributed by atoms with Crippen molar-refractivity contribution in [2.45, 2.75) is 19.8 Å². The van der Waals surface area contributed by atoms with E-state index in [0.29, 0.717) is 19.4 Å². The Morgan fingerprint density at radius 2 is 2.11 bits per heavy atom. The van der Waals surface area contributed by atoms with Gasteiger partial charge in [-0.3, -0.25) is 10.2 Å². The van der Waals surface area contributed by atoms with E-state index in [2.05, 4.69) is 21.2 Å². The molecular formula is C13H17N5O. The van der Waals surface area contributed by atoms with Crippen LogP contribution in [0.3, 0.4) is 0 Å². The Hall–Kier alpha value is -2.37. The van der Waals surface area contributed by atoms with E-state index in [0.717, 1.165) is 17.0 Å². The third-order valence-corrected chi connectivity index (χ3v) is 2.75. The van der Waals surface area contributed by atoms with Crippen molar-refractivity contribution in [3.05, 3.63) is 29.8 Å². The van der Waals surface area contributed by atoms with E-state index in [4.69, 9.17) is 5.41 Å². The molecule has 0 bridgehead atoms. The summed E-state index contributed by atoms with van der Waals surface area (Å²) < 4.78 is 0. The summed E-state index contributed by atoms with van der Waals surface area (Å²) >= 11 is 0. The van der Waals surface area contributed by atoms with Gasteiger partial charge in [-0.25, -0.2) is 5.43 Å². The standard InChI is InChI=1S/C13H17N5O/c1-2-15-13(14)16-10-5-3-9(4-6-10)11-7-8-12(19)18-17-11/h3-6H,2,7-8H2,1H3,(H,18,19)(H3,14,15,16). The van der Waals surface area contributed by atoms with Crippen LogP contribution >= 0.6 is 0 Å². The quantitative estimate of drug-likeness (QED) is 0.486. The first kappa shape index (κ1) is 13.1. The number of hydrogen-bond donors (Lipinski definition) is 4. The van der Waals surface area contributed by atoms with Gasteiger partial charge >= 0.3 is 0 Å². The lowest BCUT2D eigenvalue weighted by atomic mass is 10.0. The van der Waals surface area contributed by atoms with Crippen molar-refractivity contribution in [2.24, 2.45) is 5.10 Å². The maximum atomic E-state index is 11.0. The van der Waals surface area contributed by atoms with Crippen LogP contribution in [0.15, 0.2) is 29.4 Å². The number of carbonyl (C=O) groups excluding carboxylic acids is 1. The molecule has 0 radical (unpaired) electrons. The van der Waals surface area contributed by atoms with Gasteiger partial charge in [0.25, 0.3) is 0 Å². The van der Waals surface area contributed by atoms with Crippen molar-refractivity contribution in [1.29, 1.82) is 5.41 Å². The average molecular weight is 259 g/mol. The monoisotopic (exact) mass is 259 g/mol. The van der Waals surface area contributed by atoms with Crippen molar-refractivity contribution >= 4 is 23.3 Å². The highest BCUT2D eigenvalue weighted by Gasteiger charge is 2.12. The third kappa shape index (κ3) is 3.54. The summed E-state index contributed by atoms with van der Waals surface area (Å²) in [5.74, 6) is 0.235. The zero-order valence-electron chi connectivity index (χ0n) is 10.8. The van der Waals surface area contributed by atoms with E-state index >= 15 is 0 Å². The number of anilines is 1. The Bertz CT molecular complexity index is 506. The molecule has 1 aromatic carbocycles. The number of guanidine groups is 1. The van der Waals surface area contributed by atoms with Crippen LogP contribution in [0.1, 0.15) is 25.3 Å². The fraction of sp³-hybridized carbons (Fsp3) is 0.308.